The van der Waals surface area contributed by atoms with E-state index in [0.29, 0.717) is 5.82 Å². The van der Waals surface area contributed by atoms with Gasteiger partial charge < -0.3 is 4.90 Å². The van der Waals surface area contributed by atoms with Crippen molar-refractivity contribution in [2.24, 2.45) is 0 Å². The SMILES string of the molecule is Cc1ccc(C(F)(F)F)nc1N(C)C. The second-order valence-corrected chi connectivity index (χ2v) is 3.23. The van der Waals surface area contributed by atoms with Crippen molar-refractivity contribution in [1.82, 2.24) is 4.98 Å². The average molecular weight is 204 g/mol. The van der Waals surface area contributed by atoms with Crippen LogP contribution < -0.4 is 4.90 Å². The zero-order chi connectivity index (χ0) is 10.9. The van der Waals surface area contributed by atoms with Crippen molar-refractivity contribution in [2.45, 2.75) is 13.1 Å². The molecule has 0 bridgehead atoms. The first-order chi connectivity index (χ1) is 6.32. The third-order valence-corrected chi connectivity index (χ3v) is 1.78. The van der Waals surface area contributed by atoms with Crippen LogP contribution in [0.2, 0.25) is 0 Å². The van der Waals surface area contributed by atoms with Gasteiger partial charge in [-0.05, 0) is 18.6 Å². The second kappa shape index (κ2) is 3.48. The Hall–Kier alpha value is -1.26. The van der Waals surface area contributed by atoms with Gasteiger partial charge in [0.15, 0.2) is 0 Å². The average Bonchev–Trinajstić information content (AvgIpc) is 2.02. The lowest BCUT2D eigenvalue weighted by Crippen LogP contribution is -2.16. The van der Waals surface area contributed by atoms with Crippen molar-refractivity contribution in [1.29, 1.82) is 0 Å². The third kappa shape index (κ3) is 2.16. The second-order valence-electron chi connectivity index (χ2n) is 3.23. The van der Waals surface area contributed by atoms with Crippen molar-refractivity contribution in [2.75, 3.05) is 19.0 Å². The van der Waals surface area contributed by atoms with E-state index in [0.717, 1.165) is 11.6 Å². The Balaban J connectivity index is 3.20. The molecule has 0 saturated heterocycles. The van der Waals surface area contributed by atoms with Gasteiger partial charge in [0, 0.05) is 14.1 Å². The topological polar surface area (TPSA) is 16.1 Å². The van der Waals surface area contributed by atoms with Crippen LogP contribution in [0.1, 0.15) is 11.3 Å². The van der Waals surface area contributed by atoms with Gasteiger partial charge in [-0.15, -0.1) is 0 Å². The third-order valence-electron chi connectivity index (χ3n) is 1.78. The van der Waals surface area contributed by atoms with Gasteiger partial charge in [-0.25, -0.2) is 4.98 Å². The zero-order valence-electron chi connectivity index (χ0n) is 8.18. The smallest absolute Gasteiger partial charge is 0.363 e. The Kier molecular flexibility index (Phi) is 2.69. The highest BCUT2D eigenvalue weighted by Crippen LogP contribution is 2.29. The van der Waals surface area contributed by atoms with Crippen LogP contribution >= 0.6 is 0 Å². The maximum atomic E-state index is 12.3. The Labute approximate surface area is 80.4 Å². The van der Waals surface area contributed by atoms with Crippen LogP contribution in [-0.4, -0.2) is 19.1 Å². The van der Waals surface area contributed by atoms with Crippen molar-refractivity contribution in [3.05, 3.63) is 23.4 Å². The standard InChI is InChI=1S/C9H11F3N2/c1-6-4-5-7(9(10,11)12)13-8(6)14(2)3/h4-5H,1-3H3. The van der Waals surface area contributed by atoms with Gasteiger partial charge in [-0.2, -0.15) is 13.2 Å². The summed E-state index contributed by atoms with van der Waals surface area (Å²) in [6.45, 7) is 1.72. The Morgan fingerprint density at radius 3 is 2.21 bits per heavy atom. The minimum Gasteiger partial charge on any atom is -0.363 e. The largest absolute Gasteiger partial charge is 0.433 e. The van der Waals surface area contributed by atoms with E-state index in [9.17, 15) is 13.2 Å². The Morgan fingerprint density at radius 2 is 1.79 bits per heavy atom. The first kappa shape index (κ1) is 10.8. The van der Waals surface area contributed by atoms with E-state index < -0.39 is 11.9 Å². The fraction of sp³-hybridized carbons (Fsp3) is 0.444. The molecule has 1 aromatic rings. The first-order valence-electron chi connectivity index (χ1n) is 4.04. The fourth-order valence-electron chi connectivity index (χ4n) is 1.13. The number of hydrogen-bond donors (Lipinski definition) is 0. The van der Waals surface area contributed by atoms with E-state index in [1.807, 2.05) is 0 Å². The molecular weight excluding hydrogens is 193 g/mol. The van der Waals surface area contributed by atoms with Crippen LogP contribution in [0.25, 0.3) is 0 Å². The number of rotatable bonds is 1. The zero-order valence-corrected chi connectivity index (χ0v) is 8.18. The van der Waals surface area contributed by atoms with Crippen molar-refractivity contribution in [3.63, 3.8) is 0 Å². The number of anilines is 1. The van der Waals surface area contributed by atoms with Crippen molar-refractivity contribution >= 4 is 5.82 Å². The van der Waals surface area contributed by atoms with Crippen LogP contribution in [0.3, 0.4) is 0 Å². The van der Waals surface area contributed by atoms with E-state index in [4.69, 9.17) is 0 Å². The molecule has 0 radical (unpaired) electrons. The monoisotopic (exact) mass is 204 g/mol. The van der Waals surface area contributed by atoms with E-state index >= 15 is 0 Å². The van der Waals surface area contributed by atoms with Crippen molar-refractivity contribution in [3.8, 4) is 0 Å². The van der Waals surface area contributed by atoms with E-state index in [2.05, 4.69) is 4.98 Å². The number of pyridine rings is 1. The molecule has 78 valence electrons. The lowest BCUT2D eigenvalue weighted by Gasteiger charge is -2.16. The molecule has 0 spiro atoms. The molecule has 0 aliphatic carbocycles. The summed E-state index contributed by atoms with van der Waals surface area (Å²) >= 11 is 0. The van der Waals surface area contributed by atoms with Gasteiger partial charge >= 0.3 is 6.18 Å². The van der Waals surface area contributed by atoms with E-state index in [-0.39, 0.29) is 0 Å². The molecular formula is C9H11F3N2. The number of nitrogens with zero attached hydrogens (tertiary/aromatic N) is 2. The molecule has 0 atom stereocenters. The Morgan fingerprint density at radius 1 is 1.21 bits per heavy atom. The van der Waals surface area contributed by atoms with E-state index in [1.54, 1.807) is 25.9 Å². The van der Waals surface area contributed by atoms with Crippen LogP contribution in [-0.2, 0) is 6.18 Å². The number of aromatic nitrogens is 1. The molecule has 5 heteroatoms. The molecule has 2 nitrogen and oxygen atoms in total. The normalized spacial score (nSPS) is 11.6. The first-order valence-corrected chi connectivity index (χ1v) is 4.04. The molecule has 0 N–H and O–H groups in total. The highest BCUT2D eigenvalue weighted by molar-refractivity contribution is 5.45. The predicted octanol–water partition coefficient (Wildman–Crippen LogP) is 2.47. The van der Waals surface area contributed by atoms with Crippen LogP contribution in [0.4, 0.5) is 19.0 Å². The Bertz CT molecular complexity index is 331. The fourth-order valence-corrected chi connectivity index (χ4v) is 1.13. The molecule has 1 rings (SSSR count). The van der Waals surface area contributed by atoms with Gasteiger partial charge in [-0.1, -0.05) is 6.07 Å². The molecule has 0 aromatic carbocycles. The van der Waals surface area contributed by atoms with E-state index in [1.165, 1.54) is 6.07 Å². The maximum absolute atomic E-state index is 12.3. The minimum absolute atomic E-state index is 0.347. The van der Waals surface area contributed by atoms with Gasteiger partial charge in [0.25, 0.3) is 0 Å². The molecule has 0 unspecified atom stereocenters. The maximum Gasteiger partial charge on any atom is 0.433 e. The van der Waals surface area contributed by atoms with Crippen LogP contribution in [0.5, 0.6) is 0 Å². The number of halogens is 3. The van der Waals surface area contributed by atoms with Gasteiger partial charge in [0.1, 0.15) is 11.5 Å². The molecule has 1 aromatic heterocycles. The summed E-state index contributed by atoms with van der Waals surface area (Å²) in [5.41, 5.74) is -0.130. The summed E-state index contributed by atoms with van der Waals surface area (Å²) in [6, 6.07) is 2.41. The molecule has 0 amide bonds. The lowest BCUT2D eigenvalue weighted by atomic mass is 10.2. The van der Waals surface area contributed by atoms with Gasteiger partial charge in [-0.3, -0.25) is 0 Å². The summed E-state index contributed by atoms with van der Waals surface area (Å²) in [7, 11) is 3.32. The molecule has 0 saturated carbocycles. The number of aryl methyl sites for hydroxylation is 1. The van der Waals surface area contributed by atoms with Crippen molar-refractivity contribution < 1.29 is 13.2 Å². The summed E-state index contributed by atoms with van der Waals surface area (Å²) in [4.78, 5) is 5.10. The minimum atomic E-state index is -4.38. The van der Waals surface area contributed by atoms with Crippen LogP contribution in [0, 0.1) is 6.92 Å². The molecule has 0 aliphatic heterocycles. The van der Waals surface area contributed by atoms with Crippen LogP contribution in [0.15, 0.2) is 12.1 Å². The molecule has 14 heavy (non-hydrogen) atoms. The summed E-state index contributed by atoms with van der Waals surface area (Å²) in [6.07, 6.45) is -4.38. The lowest BCUT2D eigenvalue weighted by molar-refractivity contribution is -0.141. The highest BCUT2D eigenvalue weighted by atomic mass is 19.4. The van der Waals surface area contributed by atoms with Gasteiger partial charge in [0.2, 0.25) is 0 Å². The molecule has 0 aliphatic rings. The quantitative estimate of drug-likeness (QED) is 0.698. The summed E-state index contributed by atoms with van der Waals surface area (Å²) < 4.78 is 36.8. The number of hydrogen-bond acceptors (Lipinski definition) is 2. The summed E-state index contributed by atoms with van der Waals surface area (Å²) in [5, 5.41) is 0. The highest BCUT2D eigenvalue weighted by Gasteiger charge is 2.32. The molecule has 0 fully saturated rings. The molecule has 1 heterocycles. The predicted molar refractivity (Wildman–Crippen MR) is 48.3 cm³/mol. The summed E-state index contributed by atoms with van der Waals surface area (Å²) in [5.74, 6) is 0.347. The number of alkyl halides is 3. The van der Waals surface area contributed by atoms with Gasteiger partial charge in [0.05, 0.1) is 0 Å².